The lowest BCUT2D eigenvalue weighted by Gasteiger charge is -2.63. The molecule has 1 aromatic heterocycles. The summed E-state index contributed by atoms with van der Waals surface area (Å²) in [5.74, 6) is -0.524. The maximum Gasteiger partial charge on any atom is 0.262 e. The van der Waals surface area contributed by atoms with Gasteiger partial charge < -0.3 is 19.9 Å². The number of nitriles is 1. The summed E-state index contributed by atoms with van der Waals surface area (Å²) in [5.41, 5.74) is 1.45. The monoisotopic (exact) mass is 835 g/mol. The Balaban J connectivity index is 0.803. The molecule has 314 valence electrons. The second-order valence-electron chi connectivity index (χ2n) is 17.8. The first-order valence-corrected chi connectivity index (χ1v) is 21.1. The van der Waals surface area contributed by atoms with Crippen LogP contribution in [0.5, 0.6) is 5.75 Å². The Kier molecular flexibility index (Phi) is 11.1. The van der Waals surface area contributed by atoms with Crippen LogP contribution in [0.1, 0.15) is 96.4 Å². The molecule has 0 spiro atoms. The number of aromatic nitrogens is 2. The average molecular weight is 836 g/mol. The molecule has 4 fully saturated rings. The van der Waals surface area contributed by atoms with E-state index < -0.39 is 40.5 Å². The number of amides is 5. The molecule has 15 nitrogen and oxygen atoms in total. The van der Waals surface area contributed by atoms with Crippen LogP contribution >= 0.6 is 11.6 Å². The van der Waals surface area contributed by atoms with Gasteiger partial charge in [-0.15, -0.1) is 0 Å². The van der Waals surface area contributed by atoms with E-state index in [1.807, 2.05) is 6.07 Å². The zero-order valence-corrected chi connectivity index (χ0v) is 35.1. The molecular weight excluding hydrogens is 786 g/mol. The summed E-state index contributed by atoms with van der Waals surface area (Å²) in [6.45, 7) is 14.2. The van der Waals surface area contributed by atoms with Crippen molar-refractivity contribution in [3.05, 3.63) is 76.1 Å². The van der Waals surface area contributed by atoms with E-state index >= 15 is 0 Å². The van der Waals surface area contributed by atoms with E-state index in [4.69, 9.17) is 16.3 Å². The number of nitrogens with zero attached hydrogens (tertiary/aromatic N) is 7. The number of carbonyl (C=O) groups excluding carboxylic acids is 5. The number of piperazine rings is 1. The maximum atomic E-state index is 13.5. The van der Waals surface area contributed by atoms with Crippen molar-refractivity contribution in [1.29, 1.82) is 5.26 Å². The highest BCUT2D eigenvalue weighted by atomic mass is 35.5. The molecule has 2 aromatic carbocycles. The first-order chi connectivity index (χ1) is 28.6. The van der Waals surface area contributed by atoms with E-state index in [0.717, 1.165) is 75.7 Å². The van der Waals surface area contributed by atoms with Gasteiger partial charge in [-0.2, -0.15) is 5.26 Å². The lowest BCUT2D eigenvalue weighted by molar-refractivity contribution is -0.164. The van der Waals surface area contributed by atoms with Crippen LogP contribution in [0.2, 0.25) is 5.02 Å². The molecule has 4 aliphatic heterocycles. The number of benzene rings is 2. The van der Waals surface area contributed by atoms with E-state index in [0.29, 0.717) is 39.3 Å². The van der Waals surface area contributed by atoms with Gasteiger partial charge in [0, 0.05) is 93.3 Å². The van der Waals surface area contributed by atoms with Gasteiger partial charge in [0.25, 0.3) is 17.7 Å². The largest absolute Gasteiger partial charge is 0.489 e. The predicted octanol–water partition coefficient (Wildman–Crippen LogP) is 4.44. The molecule has 1 aliphatic carbocycles. The fraction of sp³-hybridized carbons (Fsp3) is 0.500. The molecule has 2 unspecified atom stereocenters. The average Bonchev–Trinajstić information content (AvgIpc) is 3.34. The zero-order chi connectivity index (χ0) is 42.5. The molecule has 3 aromatic rings. The van der Waals surface area contributed by atoms with Gasteiger partial charge in [-0.1, -0.05) is 39.3 Å². The van der Waals surface area contributed by atoms with Crippen molar-refractivity contribution >= 4 is 52.8 Å². The molecule has 5 aliphatic rings. The number of imide groups is 2. The molecule has 2 N–H and O–H groups in total. The van der Waals surface area contributed by atoms with Gasteiger partial charge in [0.05, 0.1) is 27.3 Å². The van der Waals surface area contributed by atoms with Gasteiger partial charge in [0.15, 0.2) is 0 Å². The number of halogens is 1. The Morgan fingerprint density at radius 1 is 0.900 bits per heavy atom. The Morgan fingerprint density at radius 3 is 2.30 bits per heavy atom. The van der Waals surface area contributed by atoms with E-state index in [1.165, 1.54) is 0 Å². The predicted molar refractivity (Wildman–Crippen MR) is 223 cm³/mol. The third-order valence-corrected chi connectivity index (χ3v) is 13.5. The number of fused-ring (bicyclic) bond motifs is 1. The Morgan fingerprint density at radius 2 is 1.62 bits per heavy atom. The van der Waals surface area contributed by atoms with E-state index in [1.54, 1.807) is 42.7 Å². The van der Waals surface area contributed by atoms with Crippen LogP contribution in [0.4, 0.5) is 11.6 Å². The lowest BCUT2D eigenvalue weighted by Crippen LogP contribution is -2.74. The van der Waals surface area contributed by atoms with Gasteiger partial charge in [-0.25, -0.2) is 9.97 Å². The van der Waals surface area contributed by atoms with Crippen LogP contribution in [-0.2, 0) is 9.59 Å². The molecule has 3 saturated heterocycles. The minimum Gasteiger partial charge on any atom is -0.489 e. The molecular formula is C44H50ClN9O6. The Labute approximate surface area is 354 Å². The molecule has 8 rings (SSSR count). The number of hydrogen-bond donors (Lipinski definition) is 2. The lowest BCUT2D eigenvalue weighted by atomic mass is 9.49. The minimum atomic E-state index is -0.983. The minimum absolute atomic E-state index is 0.0846. The highest BCUT2D eigenvalue weighted by Crippen LogP contribution is 2.55. The van der Waals surface area contributed by atoms with Crippen molar-refractivity contribution < 1.29 is 28.7 Å². The highest BCUT2D eigenvalue weighted by Gasteiger charge is 2.64. The normalized spacial score (nSPS) is 25.2. The van der Waals surface area contributed by atoms with E-state index in [9.17, 15) is 29.2 Å². The number of ether oxygens (including phenoxy) is 1. The van der Waals surface area contributed by atoms with Gasteiger partial charge in [-0.3, -0.25) is 39.1 Å². The number of hydrogen-bond acceptors (Lipinski definition) is 12. The van der Waals surface area contributed by atoms with Crippen molar-refractivity contribution in [2.24, 2.45) is 16.7 Å². The summed E-state index contributed by atoms with van der Waals surface area (Å²) >= 11 is 6.25. The third kappa shape index (κ3) is 7.67. The molecule has 5 amide bonds. The quantitative estimate of drug-likeness (QED) is 0.290. The van der Waals surface area contributed by atoms with Crippen LogP contribution in [0.3, 0.4) is 0 Å². The molecule has 0 bridgehead atoms. The van der Waals surface area contributed by atoms with Crippen LogP contribution in [0.15, 0.2) is 48.8 Å². The summed E-state index contributed by atoms with van der Waals surface area (Å²) in [5, 5.41) is 15.0. The molecule has 0 radical (unpaired) electrons. The second-order valence-corrected chi connectivity index (χ2v) is 18.2. The van der Waals surface area contributed by atoms with Gasteiger partial charge in [-0.05, 0) is 61.9 Å². The molecule has 5 heterocycles. The van der Waals surface area contributed by atoms with Gasteiger partial charge >= 0.3 is 0 Å². The highest BCUT2D eigenvalue weighted by molar-refractivity contribution is 6.31. The molecule has 1 saturated carbocycles. The smallest absolute Gasteiger partial charge is 0.262 e. The number of nitrogens with one attached hydrogen (secondary N) is 2. The first kappa shape index (κ1) is 41.2. The fourth-order valence-corrected chi connectivity index (χ4v) is 10.4. The topological polar surface area (TPSA) is 181 Å². The summed E-state index contributed by atoms with van der Waals surface area (Å²) in [4.78, 5) is 81.3. The van der Waals surface area contributed by atoms with Crippen molar-refractivity contribution in [3.8, 4) is 11.8 Å². The maximum absolute atomic E-state index is 13.5. The first-order valence-electron chi connectivity index (χ1n) is 20.7. The number of piperidine rings is 1. The van der Waals surface area contributed by atoms with Gasteiger partial charge in [0.1, 0.15) is 24.0 Å². The third-order valence-electron chi connectivity index (χ3n) is 13.1. The Bertz CT molecular complexity index is 2250. The van der Waals surface area contributed by atoms with Crippen LogP contribution in [0, 0.1) is 28.1 Å². The van der Waals surface area contributed by atoms with Crippen molar-refractivity contribution in [2.75, 3.05) is 55.6 Å². The van der Waals surface area contributed by atoms with Crippen molar-refractivity contribution in [2.45, 2.75) is 78.0 Å². The van der Waals surface area contributed by atoms with Crippen LogP contribution in [0.25, 0.3) is 0 Å². The summed E-state index contributed by atoms with van der Waals surface area (Å²) in [6.07, 6.45) is 6.32. The molecule has 2 atom stereocenters. The zero-order valence-electron chi connectivity index (χ0n) is 34.4. The second kappa shape index (κ2) is 16.1. The standard InChI is InChI=1S/C44H50ClN9O6/c1-43(2)40(44(3,4)41(43)60-30-9-7-27(22-46)33(45)21-30)50-36(56)28-23-47-42(48-24-28)53-14-5-6-26(13-15-53)25-51-16-18-52(19-17-51)29-8-10-31-32(20-29)39(59)54(38(31)58)34-11-12-35(55)49-37(34)57/h7-10,20-21,23-24,26,34,40-41H,5-6,11-19,25H2,1-4H3,(H,50,56)(H,49,55,57)/t26?,34?,40-,41-. The molecule has 16 heteroatoms. The van der Waals surface area contributed by atoms with Crippen LogP contribution in [-0.4, -0.2) is 113 Å². The SMILES string of the molecule is CC1(C)[C@H](NC(=O)c2cnc(N3CCCC(CN4CCN(c5ccc6c(c5)C(=O)N(C5CCC(=O)NC5=O)C6=O)CC4)CC3)nc2)C(C)(C)[C@H]1Oc1ccc(C#N)c(Cl)c1. The van der Waals surface area contributed by atoms with E-state index in [-0.39, 0.29) is 36.5 Å². The number of anilines is 2. The van der Waals surface area contributed by atoms with Crippen LogP contribution < -0.4 is 25.2 Å². The van der Waals surface area contributed by atoms with E-state index in [2.05, 4.69) is 69.1 Å². The molecule has 60 heavy (non-hydrogen) atoms. The number of carbonyl (C=O) groups is 5. The Hall–Kier alpha value is -5.59. The summed E-state index contributed by atoms with van der Waals surface area (Å²) in [6, 6.07) is 11.2. The van der Waals surface area contributed by atoms with Crippen molar-refractivity contribution in [1.82, 2.24) is 30.4 Å². The van der Waals surface area contributed by atoms with Gasteiger partial charge in [0.2, 0.25) is 17.8 Å². The van der Waals surface area contributed by atoms with Crippen molar-refractivity contribution in [3.63, 3.8) is 0 Å². The summed E-state index contributed by atoms with van der Waals surface area (Å²) in [7, 11) is 0. The number of rotatable bonds is 9. The fourth-order valence-electron chi connectivity index (χ4n) is 10.2. The summed E-state index contributed by atoms with van der Waals surface area (Å²) < 4.78 is 6.37.